The molecule has 4 N–H and O–H groups in total. The first kappa shape index (κ1) is 31.1. The van der Waals surface area contributed by atoms with Gasteiger partial charge in [-0.15, -0.1) is 0 Å². The molecule has 0 saturated carbocycles. The third kappa shape index (κ3) is 8.27. The zero-order valence-electron chi connectivity index (χ0n) is 23.6. The zero-order chi connectivity index (χ0) is 29.4. The third-order valence-electron chi connectivity index (χ3n) is 6.89. The van der Waals surface area contributed by atoms with Crippen LogP contribution in [-0.2, 0) is 29.6 Å². The Labute approximate surface area is 235 Å². The van der Waals surface area contributed by atoms with Gasteiger partial charge in [-0.25, -0.2) is 8.78 Å². The van der Waals surface area contributed by atoms with Crippen LogP contribution in [0.3, 0.4) is 0 Å². The van der Waals surface area contributed by atoms with E-state index in [1.807, 2.05) is 51.1 Å². The Morgan fingerprint density at radius 2 is 1.57 bits per heavy atom. The number of rotatable bonds is 11. The highest BCUT2D eigenvalue weighted by molar-refractivity contribution is 6.05. The number of aliphatic hydroxyl groups excluding tert-OH is 1. The molecule has 0 aliphatic rings. The van der Waals surface area contributed by atoms with Gasteiger partial charge in [-0.2, -0.15) is 0 Å². The molecule has 6 nitrogen and oxygen atoms in total. The highest BCUT2D eigenvalue weighted by Crippen LogP contribution is 2.24. The fourth-order valence-corrected chi connectivity index (χ4v) is 4.63. The van der Waals surface area contributed by atoms with Crippen LogP contribution >= 0.6 is 0 Å². The van der Waals surface area contributed by atoms with Gasteiger partial charge in [-0.05, 0) is 64.8 Å². The molecular formula is C32H39F2N3O3. The van der Waals surface area contributed by atoms with E-state index in [-0.39, 0.29) is 29.5 Å². The maximum absolute atomic E-state index is 14.0. The molecule has 214 valence electrons. The van der Waals surface area contributed by atoms with Crippen LogP contribution < -0.4 is 11.1 Å². The molecule has 0 heterocycles. The summed E-state index contributed by atoms with van der Waals surface area (Å²) in [5.41, 5.74) is 9.18. The van der Waals surface area contributed by atoms with Gasteiger partial charge >= 0.3 is 0 Å². The first-order chi connectivity index (χ1) is 18.9. The average molecular weight is 552 g/mol. The summed E-state index contributed by atoms with van der Waals surface area (Å²) in [7, 11) is 0. The molecule has 3 aromatic rings. The molecule has 0 bridgehead atoms. The molecule has 3 rings (SSSR count). The van der Waals surface area contributed by atoms with Crippen molar-refractivity contribution in [2.45, 2.75) is 64.6 Å². The lowest BCUT2D eigenvalue weighted by Gasteiger charge is -2.34. The Balaban J connectivity index is 1.92. The fraction of sp³-hybridized carbons (Fsp3) is 0.375. The molecule has 0 aromatic heterocycles. The molecule has 3 aromatic carbocycles. The maximum atomic E-state index is 14.0. The number of nitrogens with one attached hydrogen (secondary N) is 1. The van der Waals surface area contributed by atoms with E-state index in [0.717, 1.165) is 40.6 Å². The molecule has 2 atom stereocenters. The summed E-state index contributed by atoms with van der Waals surface area (Å²) in [6.45, 7) is 8.18. The SMILES string of the molecule is CCc1cccc(CNC[C@@H](O)[C@H](Cc2cc(F)cc(F)c2)N(C(=O)CN)C(=O)c2ccc(C(C)(C)C)cc2)c1. The summed E-state index contributed by atoms with van der Waals surface area (Å²) in [5, 5.41) is 14.5. The van der Waals surface area contributed by atoms with Crippen LogP contribution in [0.2, 0.25) is 0 Å². The van der Waals surface area contributed by atoms with E-state index < -0.39 is 42.1 Å². The second-order valence-electron chi connectivity index (χ2n) is 11.0. The number of imide groups is 1. The van der Waals surface area contributed by atoms with Crippen molar-refractivity contribution in [3.63, 3.8) is 0 Å². The number of amides is 2. The minimum Gasteiger partial charge on any atom is -0.390 e. The van der Waals surface area contributed by atoms with Gasteiger partial charge in [0.2, 0.25) is 5.91 Å². The molecular weight excluding hydrogens is 512 g/mol. The van der Waals surface area contributed by atoms with Gasteiger partial charge < -0.3 is 16.2 Å². The van der Waals surface area contributed by atoms with E-state index >= 15 is 0 Å². The summed E-state index contributed by atoms with van der Waals surface area (Å²) < 4.78 is 28.1. The number of halogens is 2. The second-order valence-corrected chi connectivity index (χ2v) is 11.0. The molecule has 0 radical (unpaired) electrons. The number of hydrogen-bond donors (Lipinski definition) is 3. The monoisotopic (exact) mass is 551 g/mol. The normalized spacial score (nSPS) is 13.1. The van der Waals surface area contributed by atoms with Crippen molar-refractivity contribution in [1.29, 1.82) is 0 Å². The zero-order valence-corrected chi connectivity index (χ0v) is 23.6. The van der Waals surface area contributed by atoms with Crippen molar-refractivity contribution in [2.24, 2.45) is 5.73 Å². The van der Waals surface area contributed by atoms with E-state index in [1.165, 1.54) is 5.56 Å². The van der Waals surface area contributed by atoms with E-state index in [0.29, 0.717) is 6.54 Å². The Hall–Kier alpha value is -3.46. The van der Waals surface area contributed by atoms with Crippen LogP contribution in [0.4, 0.5) is 8.78 Å². The largest absolute Gasteiger partial charge is 0.390 e. The highest BCUT2D eigenvalue weighted by Gasteiger charge is 2.35. The minimum absolute atomic E-state index is 0.0173. The molecule has 0 spiro atoms. The van der Waals surface area contributed by atoms with Crippen LogP contribution in [0.25, 0.3) is 0 Å². The third-order valence-corrected chi connectivity index (χ3v) is 6.89. The van der Waals surface area contributed by atoms with Crippen molar-refractivity contribution in [3.05, 3.63) is 106 Å². The minimum atomic E-state index is -1.26. The van der Waals surface area contributed by atoms with E-state index in [4.69, 9.17) is 5.73 Å². The number of carbonyl (C=O) groups is 2. The van der Waals surface area contributed by atoms with Crippen LogP contribution in [0.1, 0.15) is 60.3 Å². The number of carbonyl (C=O) groups excluding carboxylic acids is 2. The second kappa shape index (κ2) is 13.7. The fourth-order valence-electron chi connectivity index (χ4n) is 4.63. The topological polar surface area (TPSA) is 95.7 Å². The Bertz CT molecular complexity index is 1290. The van der Waals surface area contributed by atoms with Gasteiger partial charge in [0.15, 0.2) is 0 Å². The van der Waals surface area contributed by atoms with Gasteiger partial charge in [-0.3, -0.25) is 14.5 Å². The number of aryl methyl sites for hydroxylation is 1. The van der Waals surface area contributed by atoms with Crippen molar-refractivity contribution < 1.29 is 23.5 Å². The predicted molar refractivity (Wildman–Crippen MR) is 153 cm³/mol. The number of hydrogen-bond acceptors (Lipinski definition) is 5. The van der Waals surface area contributed by atoms with Crippen molar-refractivity contribution in [1.82, 2.24) is 10.2 Å². The van der Waals surface area contributed by atoms with E-state index in [2.05, 4.69) is 18.3 Å². The summed E-state index contributed by atoms with van der Waals surface area (Å²) >= 11 is 0. The standard InChI is InChI=1S/C32H39F2N3O3/c1-5-21-7-6-8-22(13-21)19-36-20-29(38)28(16-23-14-26(33)17-27(34)15-23)37(30(39)18-35)31(40)24-9-11-25(12-10-24)32(2,3)4/h6-15,17,28-29,36,38H,5,16,18-20,35H2,1-4H3/t28-,29+/m0/s1. The predicted octanol–water partition coefficient (Wildman–Crippen LogP) is 4.51. The van der Waals surface area contributed by atoms with Crippen LogP contribution in [0.5, 0.6) is 0 Å². The Morgan fingerprint density at radius 3 is 2.15 bits per heavy atom. The van der Waals surface area contributed by atoms with Crippen LogP contribution in [0.15, 0.2) is 66.7 Å². The van der Waals surface area contributed by atoms with Gasteiger partial charge in [0, 0.05) is 24.7 Å². The number of nitrogens with two attached hydrogens (primary N) is 1. The molecule has 0 saturated heterocycles. The molecule has 0 aliphatic heterocycles. The Morgan fingerprint density at radius 1 is 0.950 bits per heavy atom. The van der Waals surface area contributed by atoms with Crippen molar-refractivity contribution >= 4 is 11.8 Å². The molecule has 0 unspecified atom stereocenters. The highest BCUT2D eigenvalue weighted by atomic mass is 19.1. The number of nitrogens with zero attached hydrogens (tertiary/aromatic N) is 1. The van der Waals surface area contributed by atoms with Gasteiger partial charge in [0.25, 0.3) is 5.91 Å². The number of aliphatic hydroxyl groups is 1. The van der Waals surface area contributed by atoms with Crippen molar-refractivity contribution in [2.75, 3.05) is 13.1 Å². The Kier molecular flexibility index (Phi) is 10.7. The van der Waals surface area contributed by atoms with E-state index in [9.17, 15) is 23.5 Å². The molecule has 8 heteroatoms. The maximum Gasteiger partial charge on any atom is 0.260 e. The first-order valence-corrected chi connectivity index (χ1v) is 13.5. The quantitative estimate of drug-likeness (QED) is 0.326. The lowest BCUT2D eigenvalue weighted by atomic mass is 9.86. The van der Waals surface area contributed by atoms with Crippen molar-refractivity contribution in [3.8, 4) is 0 Å². The molecule has 40 heavy (non-hydrogen) atoms. The van der Waals surface area contributed by atoms with Gasteiger partial charge in [-0.1, -0.05) is 64.1 Å². The molecule has 2 amide bonds. The van der Waals surface area contributed by atoms with Crippen LogP contribution in [0, 0.1) is 11.6 Å². The summed E-state index contributed by atoms with van der Waals surface area (Å²) in [6, 6.07) is 16.8. The smallest absolute Gasteiger partial charge is 0.260 e. The van der Waals surface area contributed by atoms with Gasteiger partial charge in [0.1, 0.15) is 11.6 Å². The van der Waals surface area contributed by atoms with Crippen LogP contribution in [-0.4, -0.2) is 47.1 Å². The number of benzene rings is 3. The van der Waals surface area contributed by atoms with Gasteiger partial charge in [0.05, 0.1) is 18.7 Å². The average Bonchev–Trinajstić information content (AvgIpc) is 2.91. The molecule has 0 fully saturated rings. The lowest BCUT2D eigenvalue weighted by Crippen LogP contribution is -2.55. The molecule has 0 aliphatic carbocycles. The summed E-state index contributed by atoms with van der Waals surface area (Å²) in [5.74, 6) is -2.94. The summed E-state index contributed by atoms with van der Waals surface area (Å²) in [6.07, 6.45) is -0.535. The lowest BCUT2D eigenvalue weighted by molar-refractivity contribution is -0.131. The first-order valence-electron chi connectivity index (χ1n) is 13.5. The van der Waals surface area contributed by atoms with E-state index in [1.54, 1.807) is 12.1 Å². The summed E-state index contributed by atoms with van der Waals surface area (Å²) in [4.78, 5) is 27.7.